The molecule has 3 aromatic carbocycles. The zero-order chi connectivity index (χ0) is 26.9. The highest BCUT2D eigenvalue weighted by molar-refractivity contribution is 9.10. The Kier molecular flexibility index (Phi) is 9.76. The van der Waals surface area contributed by atoms with Crippen molar-refractivity contribution in [1.29, 1.82) is 0 Å². The van der Waals surface area contributed by atoms with Crippen LogP contribution in [-0.4, -0.2) is 29.4 Å². The van der Waals surface area contributed by atoms with Crippen molar-refractivity contribution in [1.82, 2.24) is 16.2 Å². The lowest BCUT2D eigenvalue weighted by Crippen LogP contribution is -2.48. The third-order valence-electron chi connectivity index (χ3n) is 5.08. The van der Waals surface area contributed by atoms with Gasteiger partial charge in [0, 0.05) is 22.4 Å². The van der Waals surface area contributed by atoms with E-state index in [9.17, 15) is 14.4 Å². The second-order valence-electron chi connectivity index (χ2n) is 8.56. The van der Waals surface area contributed by atoms with Gasteiger partial charge in [0.1, 0.15) is 5.75 Å². The molecule has 0 spiro atoms. The smallest absolute Gasteiger partial charge is 0.269 e. The number of amides is 3. The number of benzene rings is 3. The monoisotopic (exact) mass is 582 g/mol. The van der Waals surface area contributed by atoms with E-state index in [-0.39, 0.29) is 11.0 Å². The van der Waals surface area contributed by atoms with Crippen LogP contribution >= 0.6 is 28.1 Å². The van der Waals surface area contributed by atoms with Crippen molar-refractivity contribution in [2.75, 3.05) is 11.9 Å². The normalized spacial score (nSPS) is 10.4. The number of halogens is 1. The van der Waals surface area contributed by atoms with Gasteiger partial charge in [0.2, 0.25) is 0 Å². The van der Waals surface area contributed by atoms with E-state index in [4.69, 9.17) is 17.0 Å². The molecular weight excluding hydrogens is 556 g/mol. The van der Waals surface area contributed by atoms with Crippen molar-refractivity contribution in [2.24, 2.45) is 5.92 Å². The van der Waals surface area contributed by atoms with Gasteiger partial charge in [0.15, 0.2) is 5.11 Å². The summed E-state index contributed by atoms with van der Waals surface area (Å²) in [7, 11) is 0. The largest absolute Gasteiger partial charge is 0.492 e. The molecule has 0 unspecified atom stereocenters. The number of anilines is 1. The molecule has 3 aromatic rings. The number of nitrogens with one attached hydrogen (secondary N) is 4. The van der Waals surface area contributed by atoms with Crippen LogP contribution in [-0.2, 0) is 0 Å². The molecule has 0 aliphatic rings. The highest BCUT2D eigenvalue weighted by atomic mass is 79.9. The first-order valence-electron chi connectivity index (χ1n) is 11.4. The summed E-state index contributed by atoms with van der Waals surface area (Å²) in [5.74, 6) is -0.141. The van der Waals surface area contributed by atoms with Crippen molar-refractivity contribution in [3.05, 3.63) is 93.5 Å². The number of aryl methyl sites for hydroxylation is 1. The molecule has 37 heavy (non-hydrogen) atoms. The number of rotatable bonds is 7. The van der Waals surface area contributed by atoms with Gasteiger partial charge in [-0.3, -0.25) is 30.6 Å². The Morgan fingerprint density at radius 3 is 2.22 bits per heavy atom. The van der Waals surface area contributed by atoms with Crippen molar-refractivity contribution in [3.63, 3.8) is 0 Å². The number of ether oxygens (including phenoxy) is 1. The second-order valence-corrected chi connectivity index (χ2v) is 9.82. The predicted molar refractivity (Wildman–Crippen MR) is 151 cm³/mol. The van der Waals surface area contributed by atoms with Crippen LogP contribution in [0.25, 0.3) is 0 Å². The molecule has 0 radical (unpaired) electrons. The summed E-state index contributed by atoms with van der Waals surface area (Å²) < 4.78 is 6.33. The van der Waals surface area contributed by atoms with E-state index in [1.165, 1.54) is 0 Å². The topological polar surface area (TPSA) is 109 Å². The number of hydrogen-bond acceptors (Lipinski definition) is 5. The number of hydrazine groups is 1. The molecule has 8 nitrogen and oxygen atoms in total. The first-order valence-corrected chi connectivity index (χ1v) is 12.6. The van der Waals surface area contributed by atoms with Gasteiger partial charge in [-0.1, -0.05) is 32.0 Å². The van der Waals surface area contributed by atoms with E-state index in [2.05, 4.69) is 37.4 Å². The highest BCUT2D eigenvalue weighted by Crippen LogP contribution is 2.26. The zero-order valence-electron chi connectivity index (χ0n) is 20.6. The fourth-order valence-electron chi connectivity index (χ4n) is 3.14. The lowest BCUT2D eigenvalue weighted by atomic mass is 10.1. The van der Waals surface area contributed by atoms with Gasteiger partial charge in [-0.2, -0.15) is 0 Å². The Morgan fingerprint density at radius 1 is 0.892 bits per heavy atom. The van der Waals surface area contributed by atoms with Crippen molar-refractivity contribution in [2.45, 2.75) is 20.8 Å². The molecule has 0 aliphatic carbocycles. The van der Waals surface area contributed by atoms with Gasteiger partial charge < -0.3 is 10.1 Å². The number of carbonyl (C=O) groups is 3. The average molecular weight is 584 g/mol. The number of carbonyl (C=O) groups excluding carboxylic acids is 3. The fourth-order valence-corrected chi connectivity index (χ4v) is 3.78. The molecule has 0 heterocycles. The molecule has 192 valence electrons. The maximum atomic E-state index is 12.5. The Bertz CT molecular complexity index is 1310. The van der Waals surface area contributed by atoms with Gasteiger partial charge in [-0.15, -0.1) is 0 Å². The number of hydrogen-bond donors (Lipinski definition) is 4. The Labute approximate surface area is 229 Å². The summed E-state index contributed by atoms with van der Waals surface area (Å²) in [5.41, 5.74) is 7.63. The molecule has 0 atom stereocenters. The molecule has 4 N–H and O–H groups in total. The van der Waals surface area contributed by atoms with E-state index in [0.717, 1.165) is 5.56 Å². The Morgan fingerprint density at radius 2 is 1.57 bits per heavy atom. The maximum Gasteiger partial charge on any atom is 0.269 e. The van der Waals surface area contributed by atoms with Crippen molar-refractivity contribution >= 4 is 56.7 Å². The van der Waals surface area contributed by atoms with E-state index >= 15 is 0 Å². The van der Waals surface area contributed by atoms with Gasteiger partial charge in [0.25, 0.3) is 17.7 Å². The second kappa shape index (κ2) is 13.0. The summed E-state index contributed by atoms with van der Waals surface area (Å²) in [5, 5.41) is 5.24. The summed E-state index contributed by atoms with van der Waals surface area (Å²) >= 11 is 8.52. The number of thiocarbonyl (C=S) groups is 1. The van der Waals surface area contributed by atoms with Crippen molar-refractivity contribution in [3.8, 4) is 5.75 Å². The van der Waals surface area contributed by atoms with Crippen LogP contribution in [0.3, 0.4) is 0 Å². The minimum Gasteiger partial charge on any atom is -0.492 e. The fraction of sp³-hybridized carbons (Fsp3) is 0.185. The van der Waals surface area contributed by atoms with Crippen LogP contribution in [0.4, 0.5) is 5.69 Å². The van der Waals surface area contributed by atoms with E-state index in [0.29, 0.717) is 45.1 Å². The maximum absolute atomic E-state index is 12.5. The third-order valence-corrected chi connectivity index (χ3v) is 5.90. The van der Waals surface area contributed by atoms with E-state index < -0.39 is 11.8 Å². The van der Waals surface area contributed by atoms with Crippen LogP contribution in [0.2, 0.25) is 0 Å². The highest BCUT2D eigenvalue weighted by Gasteiger charge is 2.13. The quantitative estimate of drug-likeness (QED) is 0.231. The molecule has 10 heteroatoms. The Hall–Kier alpha value is -3.76. The van der Waals surface area contributed by atoms with Crippen molar-refractivity contribution < 1.29 is 19.1 Å². The standard InChI is InChI=1S/C27H27BrN4O4S/c1-16(2)15-36-23-13-10-19(14-22(23)28)24(33)30-27(37)32-31-25(34)18-8-11-20(12-9-18)29-26(35)21-7-5-4-6-17(21)3/h4-14,16H,15H2,1-3H3,(H,29,35)(H,31,34)(H2,30,32,33,37). The van der Waals surface area contributed by atoms with E-state index in [1.807, 2.05) is 32.9 Å². The average Bonchev–Trinajstić information content (AvgIpc) is 2.87. The summed E-state index contributed by atoms with van der Waals surface area (Å²) in [6.45, 7) is 6.51. The lowest BCUT2D eigenvalue weighted by Gasteiger charge is -2.13. The van der Waals surface area contributed by atoms with Gasteiger partial charge >= 0.3 is 0 Å². The zero-order valence-corrected chi connectivity index (χ0v) is 23.0. The SMILES string of the molecule is Cc1ccccc1C(=O)Nc1ccc(C(=O)NNC(=S)NC(=O)c2ccc(OCC(C)C)c(Br)c2)cc1. The van der Waals surface area contributed by atoms with Crippen LogP contribution in [0.1, 0.15) is 50.5 Å². The van der Waals surface area contributed by atoms with E-state index in [1.54, 1.807) is 54.6 Å². The molecule has 0 saturated heterocycles. The molecule has 0 bridgehead atoms. The molecule has 0 saturated carbocycles. The Balaban J connectivity index is 1.49. The predicted octanol–water partition coefficient (Wildman–Crippen LogP) is 4.99. The van der Waals surface area contributed by atoms with Crippen LogP contribution in [0.5, 0.6) is 5.75 Å². The molecular formula is C27H27BrN4O4S. The van der Waals surface area contributed by atoms with Crippen LogP contribution < -0.4 is 26.2 Å². The van der Waals surface area contributed by atoms with Crippen LogP contribution in [0, 0.1) is 12.8 Å². The summed E-state index contributed by atoms with van der Waals surface area (Å²) in [6, 6.07) is 18.6. The molecule has 0 fully saturated rings. The van der Waals surface area contributed by atoms with Gasteiger partial charge in [-0.05, 0) is 95.1 Å². The summed E-state index contributed by atoms with van der Waals surface area (Å²) in [6.07, 6.45) is 0. The molecule has 3 rings (SSSR count). The minimum atomic E-state index is -0.470. The first-order chi connectivity index (χ1) is 17.6. The van der Waals surface area contributed by atoms with Crippen LogP contribution in [0.15, 0.2) is 71.2 Å². The lowest BCUT2D eigenvalue weighted by molar-refractivity contribution is 0.0934. The van der Waals surface area contributed by atoms with Gasteiger partial charge in [0.05, 0.1) is 11.1 Å². The first kappa shape index (κ1) is 27.8. The summed E-state index contributed by atoms with van der Waals surface area (Å²) in [4.78, 5) is 37.4. The third kappa shape index (κ3) is 8.12. The molecule has 0 aliphatic heterocycles. The molecule has 0 aromatic heterocycles. The molecule has 3 amide bonds. The van der Waals surface area contributed by atoms with Gasteiger partial charge in [-0.25, -0.2) is 0 Å². The minimum absolute atomic E-state index is 0.0725.